The third-order valence-corrected chi connectivity index (χ3v) is 2.25. The first-order valence-corrected chi connectivity index (χ1v) is 4.31. The number of halogens is 4. The van der Waals surface area contributed by atoms with Gasteiger partial charge in [-0.3, -0.25) is 0 Å². The van der Waals surface area contributed by atoms with Gasteiger partial charge in [-0.2, -0.15) is 0 Å². The second-order valence-electron chi connectivity index (χ2n) is 2.14. The Hall–Kier alpha value is -0.530. The summed E-state index contributed by atoms with van der Waals surface area (Å²) in [5.74, 6) is -1.50. The van der Waals surface area contributed by atoms with Gasteiger partial charge in [-0.05, 0) is 22.6 Å². The van der Waals surface area contributed by atoms with Crippen LogP contribution in [0.15, 0.2) is 6.20 Å². The minimum atomic E-state index is -2.86. The molecule has 0 atom stereocenters. The number of alkyl halides is 2. The maximum absolute atomic E-state index is 13.1. The molecule has 0 bridgehead atoms. The fourth-order valence-corrected chi connectivity index (χ4v) is 1.42. The van der Waals surface area contributed by atoms with Gasteiger partial charge in [0.1, 0.15) is 0 Å². The molecule has 0 radical (unpaired) electrons. The lowest BCUT2D eigenvalue weighted by molar-refractivity contribution is 0.143. The Kier molecular flexibility index (Phi) is 3.34. The van der Waals surface area contributed by atoms with Crippen molar-refractivity contribution in [2.75, 3.05) is 7.11 Å². The lowest BCUT2D eigenvalue weighted by Gasteiger charge is -2.07. The number of hydrogen-bond acceptors (Lipinski definition) is 2. The fraction of sp³-hybridized carbons (Fsp3) is 0.286. The summed E-state index contributed by atoms with van der Waals surface area (Å²) < 4.78 is 42.2. The maximum atomic E-state index is 13.1. The Morgan fingerprint density at radius 1 is 1.54 bits per heavy atom. The minimum absolute atomic E-state index is 0.0888. The van der Waals surface area contributed by atoms with Crippen LogP contribution in [0.4, 0.5) is 13.2 Å². The van der Waals surface area contributed by atoms with Gasteiger partial charge < -0.3 is 4.74 Å². The van der Waals surface area contributed by atoms with E-state index in [4.69, 9.17) is 0 Å². The minimum Gasteiger partial charge on any atom is -0.479 e. The lowest BCUT2D eigenvalue weighted by Crippen LogP contribution is -2.01. The van der Waals surface area contributed by atoms with Crippen LogP contribution in [0, 0.1) is 9.39 Å². The third kappa shape index (κ3) is 2.04. The fourth-order valence-electron chi connectivity index (χ4n) is 0.804. The van der Waals surface area contributed by atoms with E-state index in [0.717, 1.165) is 6.20 Å². The van der Waals surface area contributed by atoms with Crippen molar-refractivity contribution in [2.45, 2.75) is 6.43 Å². The normalized spacial score (nSPS) is 10.6. The summed E-state index contributed by atoms with van der Waals surface area (Å²) in [4.78, 5) is 3.50. The van der Waals surface area contributed by atoms with Crippen molar-refractivity contribution >= 4 is 22.6 Å². The third-order valence-electron chi connectivity index (χ3n) is 1.39. The zero-order valence-electron chi connectivity index (χ0n) is 6.52. The van der Waals surface area contributed by atoms with Gasteiger partial charge in [-0.25, -0.2) is 18.2 Å². The molecule has 0 aromatic carbocycles. The van der Waals surface area contributed by atoms with Crippen LogP contribution in [0.25, 0.3) is 0 Å². The predicted octanol–water partition coefficient (Wildman–Crippen LogP) is 2.77. The lowest BCUT2D eigenvalue weighted by atomic mass is 10.2. The van der Waals surface area contributed by atoms with E-state index in [1.54, 1.807) is 22.6 Å². The van der Waals surface area contributed by atoms with Crippen LogP contribution in [0.3, 0.4) is 0 Å². The molecule has 1 heterocycles. The summed E-state index contributed by atoms with van der Waals surface area (Å²) in [6.45, 7) is 0. The number of hydrogen-bond donors (Lipinski definition) is 0. The molecule has 2 nitrogen and oxygen atoms in total. The highest BCUT2D eigenvalue weighted by Crippen LogP contribution is 2.30. The van der Waals surface area contributed by atoms with Crippen LogP contribution >= 0.6 is 22.6 Å². The summed E-state index contributed by atoms with van der Waals surface area (Å²) >= 11 is 1.60. The topological polar surface area (TPSA) is 22.1 Å². The summed E-state index contributed by atoms with van der Waals surface area (Å²) in [5.41, 5.74) is -0.660. The van der Waals surface area contributed by atoms with Crippen molar-refractivity contribution in [3.8, 4) is 5.88 Å². The van der Waals surface area contributed by atoms with Crippen molar-refractivity contribution in [1.29, 1.82) is 0 Å². The molecule has 0 aliphatic heterocycles. The van der Waals surface area contributed by atoms with E-state index in [-0.39, 0.29) is 3.57 Å². The molecule has 0 N–H and O–H groups in total. The van der Waals surface area contributed by atoms with E-state index in [0.29, 0.717) is 0 Å². The van der Waals surface area contributed by atoms with Crippen LogP contribution < -0.4 is 4.74 Å². The molecule has 0 amide bonds. The van der Waals surface area contributed by atoms with Gasteiger partial charge in [0.25, 0.3) is 12.3 Å². The Bertz CT molecular complexity index is 319. The number of aromatic nitrogens is 1. The zero-order valence-corrected chi connectivity index (χ0v) is 8.68. The van der Waals surface area contributed by atoms with Crippen molar-refractivity contribution in [1.82, 2.24) is 4.98 Å². The molecule has 13 heavy (non-hydrogen) atoms. The molecule has 0 unspecified atom stereocenters. The molecule has 72 valence electrons. The average Bonchev–Trinajstić information content (AvgIpc) is 2.04. The molecule has 1 aromatic heterocycles. The van der Waals surface area contributed by atoms with Gasteiger partial charge in [-0.1, -0.05) is 0 Å². The quantitative estimate of drug-likeness (QED) is 0.784. The van der Waals surface area contributed by atoms with Crippen molar-refractivity contribution in [3.63, 3.8) is 0 Å². The SMILES string of the molecule is COc1ncc(I)c(C(F)F)c1F. The van der Waals surface area contributed by atoms with Crippen molar-refractivity contribution in [3.05, 3.63) is 21.1 Å². The number of ether oxygens (including phenoxy) is 1. The van der Waals surface area contributed by atoms with Crippen LogP contribution in [0.2, 0.25) is 0 Å². The van der Waals surface area contributed by atoms with Crippen LogP contribution in [0.1, 0.15) is 12.0 Å². The molecule has 0 aliphatic rings. The highest BCUT2D eigenvalue weighted by Gasteiger charge is 2.21. The van der Waals surface area contributed by atoms with E-state index in [2.05, 4.69) is 9.72 Å². The van der Waals surface area contributed by atoms with E-state index < -0.39 is 23.7 Å². The van der Waals surface area contributed by atoms with E-state index >= 15 is 0 Å². The first-order chi connectivity index (χ1) is 6.07. The molecule has 0 aliphatic carbocycles. The number of nitrogens with zero attached hydrogens (tertiary/aromatic N) is 1. The summed E-state index contributed by atoms with van der Waals surface area (Å²) in [5, 5.41) is 0. The molecule has 6 heteroatoms. The van der Waals surface area contributed by atoms with Crippen LogP contribution in [-0.2, 0) is 0 Å². The van der Waals surface area contributed by atoms with Gasteiger partial charge in [0.2, 0.25) is 0 Å². The number of pyridine rings is 1. The number of rotatable bonds is 2. The molecule has 0 saturated carbocycles. The smallest absolute Gasteiger partial charge is 0.267 e. The van der Waals surface area contributed by atoms with Crippen LogP contribution in [0.5, 0.6) is 5.88 Å². The summed E-state index contributed by atoms with van der Waals surface area (Å²) in [6, 6.07) is 0. The van der Waals surface area contributed by atoms with Crippen molar-refractivity contribution < 1.29 is 17.9 Å². The van der Waals surface area contributed by atoms with Crippen LogP contribution in [-0.4, -0.2) is 12.1 Å². The molecule has 1 aromatic rings. The van der Waals surface area contributed by atoms with Gasteiger partial charge >= 0.3 is 0 Å². The van der Waals surface area contributed by atoms with Gasteiger partial charge in [0.15, 0.2) is 5.82 Å². The maximum Gasteiger partial charge on any atom is 0.267 e. The Labute approximate surface area is 86.3 Å². The van der Waals surface area contributed by atoms with E-state index in [1.165, 1.54) is 7.11 Å². The van der Waals surface area contributed by atoms with E-state index in [9.17, 15) is 13.2 Å². The Morgan fingerprint density at radius 3 is 2.62 bits per heavy atom. The molecule has 1 rings (SSSR count). The number of methoxy groups -OCH3 is 1. The van der Waals surface area contributed by atoms with Gasteiger partial charge in [0, 0.05) is 9.77 Å². The van der Waals surface area contributed by atoms with Gasteiger partial charge in [0.05, 0.1) is 12.7 Å². The molecule has 0 spiro atoms. The largest absolute Gasteiger partial charge is 0.479 e. The Morgan fingerprint density at radius 2 is 2.15 bits per heavy atom. The first kappa shape index (κ1) is 10.6. The molecular weight excluding hydrogens is 298 g/mol. The summed E-state index contributed by atoms with van der Waals surface area (Å²) in [7, 11) is 1.17. The first-order valence-electron chi connectivity index (χ1n) is 3.24. The van der Waals surface area contributed by atoms with Gasteiger partial charge in [-0.15, -0.1) is 0 Å². The molecule has 0 fully saturated rings. The van der Waals surface area contributed by atoms with Crippen molar-refractivity contribution in [2.24, 2.45) is 0 Å². The Balaban J connectivity index is 3.30. The highest BCUT2D eigenvalue weighted by molar-refractivity contribution is 14.1. The second kappa shape index (κ2) is 4.12. The second-order valence-corrected chi connectivity index (χ2v) is 3.31. The predicted molar refractivity (Wildman–Crippen MR) is 48.4 cm³/mol. The molecule has 0 saturated heterocycles. The average molecular weight is 303 g/mol. The summed E-state index contributed by atoms with van der Waals surface area (Å²) in [6.07, 6.45) is -1.71. The molecular formula is C7H5F3INO. The standard InChI is InChI=1S/C7H5F3INO/c1-13-7-5(8)4(6(9)10)3(11)2-12-7/h2,6H,1H3. The van der Waals surface area contributed by atoms with E-state index in [1.807, 2.05) is 0 Å². The monoisotopic (exact) mass is 303 g/mol. The zero-order chi connectivity index (χ0) is 10.0. The highest BCUT2D eigenvalue weighted by atomic mass is 127.